The van der Waals surface area contributed by atoms with Crippen LogP contribution in [0.4, 0.5) is 5.69 Å². The molecule has 1 heterocycles. The van der Waals surface area contributed by atoms with Gasteiger partial charge in [0.1, 0.15) is 0 Å². The molecule has 1 fully saturated rings. The first-order chi connectivity index (χ1) is 8.40. The third-order valence-electron chi connectivity index (χ3n) is 3.86. The second-order valence-electron chi connectivity index (χ2n) is 6.12. The van der Waals surface area contributed by atoms with E-state index in [-0.39, 0.29) is 5.54 Å². The lowest BCUT2D eigenvalue weighted by atomic mass is 9.93. The molecular formula is C16H25NO. The Labute approximate surface area is 111 Å². The van der Waals surface area contributed by atoms with Crippen molar-refractivity contribution in [3.63, 3.8) is 0 Å². The van der Waals surface area contributed by atoms with E-state index in [1.165, 1.54) is 28.8 Å². The summed E-state index contributed by atoms with van der Waals surface area (Å²) in [5.74, 6) is 0. The van der Waals surface area contributed by atoms with Gasteiger partial charge < -0.3 is 10.1 Å². The highest BCUT2D eigenvalue weighted by atomic mass is 16.5. The molecule has 1 aromatic carbocycles. The molecule has 1 saturated heterocycles. The maximum Gasteiger partial charge on any atom is 0.0799 e. The molecule has 0 saturated carbocycles. The fourth-order valence-electron chi connectivity index (χ4n) is 2.93. The predicted octanol–water partition coefficient (Wildman–Crippen LogP) is 3.98. The van der Waals surface area contributed by atoms with E-state index < -0.39 is 0 Å². The van der Waals surface area contributed by atoms with Crippen LogP contribution in [0.25, 0.3) is 0 Å². The fourth-order valence-corrected chi connectivity index (χ4v) is 2.93. The second-order valence-corrected chi connectivity index (χ2v) is 6.12. The summed E-state index contributed by atoms with van der Waals surface area (Å²) < 4.78 is 5.83. The molecule has 0 spiro atoms. The van der Waals surface area contributed by atoms with Crippen LogP contribution in [0.5, 0.6) is 0 Å². The van der Waals surface area contributed by atoms with Gasteiger partial charge in [-0.1, -0.05) is 17.7 Å². The molecule has 0 aliphatic carbocycles. The van der Waals surface area contributed by atoms with Gasteiger partial charge in [-0.15, -0.1) is 0 Å². The topological polar surface area (TPSA) is 21.3 Å². The molecule has 0 bridgehead atoms. The van der Waals surface area contributed by atoms with E-state index >= 15 is 0 Å². The summed E-state index contributed by atoms with van der Waals surface area (Å²) in [7, 11) is 0. The van der Waals surface area contributed by atoms with Gasteiger partial charge >= 0.3 is 0 Å². The molecule has 18 heavy (non-hydrogen) atoms. The summed E-state index contributed by atoms with van der Waals surface area (Å²) >= 11 is 0. The fraction of sp³-hybridized carbons (Fsp3) is 0.625. The number of hydrogen-bond donors (Lipinski definition) is 1. The first-order valence-electron chi connectivity index (χ1n) is 6.88. The van der Waals surface area contributed by atoms with Crippen LogP contribution in [-0.4, -0.2) is 18.2 Å². The Morgan fingerprint density at radius 3 is 2.28 bits per heavy atom. The van der Waals surface area contributed by atoms with E-state index in [1.807, 2.05) is 0 Å². The van der Waals surface area contributed by atoms with Crippen molar-refractivity contribution >= 4 is 5.69 Å². The van der Waals surface area contributed by atoms with Crippen molar-refractivity contribution in [3.05, 3.63) is 28.8 Å². The van der Waals surface area contributed by atoms with Gasteiger partial charge in [0.25, 0.3) is 0 Å². The molecule has 2 nitrogen and oxygen atoms in total. The Bertz CT molecular complexity index is 408. The number of nitrogens with one attached hydrogen (secondary N) is 1. The normalized spacial score (nSPS) is 20.2. The van der Waals surface area contributed by atoms with Crippen LogP contribution in [-0.2, 0) is 4.74 Å². The number of benzene rings is 1. The van der Waals surface area contributed by atoms with Crippen molar-refractivity contribution in [3.8, 4) is 0 Å². The monoisotopic (exact) mass is 247 g/mol. The molecule has 1 unspecified atom stereocenters. The molecule has 2 rings (SSSR count). The maximum atomic E-state index is 5.83. The van der Waals surface area contributed by atoms with Crippen LogP contribution >= 0.6 is 0 Å². The Morgan fingerprint density at radius 2 is 1.78 bits per heavy atom. The standard InChI is InChI=1S/C16H25NO/c1-11-9-12(2)15(13(3)10-11)17-16(4,5)14-7-6-8-18-14/h9-10,14,17H,6-8H2,1-5H3. The number of hydrogen-bond acceptors (Lipinski definition) is 2. The van der Waals surface area contributed by atoms with Gasteiger partial charge in [-0.05, 0) is 58.6 Å². The number of ether oxygens (including phenoxy) is 1. The van der Waals surface area contributed by atoms with E-state index in [9.17, 15) is 0 Å². The van der Waals surface area contributed by atoms with Crippen LogP contribution < -0.4 is 5.32 Å². The molecule has 0 amide bonds. The van der Waals surface area contributed by atoms with E-state index in [1.54, 1.807) is 0 Å². The van der Waals surface area contributed by atoms with Gasteiger partial charge in [0, 0.05) is 12.3 Å². The number of anilines is 1. The van der Waals surface area contributed by atoms with Gasteiger partial charge in [-0.25, -0.2) is 0 Å². The summed E-state index contributed by atoms with van der Waals surface area (Å²) in [5, 5.41) is 3.70. The number of aryl methyl sites for hydroxylation is 3. The summed E-state index contributed by atoms with van der Waals surface area (Å²) in [6.45, 7) is 11.9. The molecule has 2 heteroatoms. The molecule has 100 valence electrons. The lowest BCUT2D eigenvalue weighted by Crippen LogP contribution is -2.43. The smallest absolute Gasteiger partial charge is 0.0799 e. The van der Waals surface area contributed by atoms with Crippen molar-refractivity contribution < 1.29 is 4.74 Å². The largest absolute Gasteiger partial charge is 0.377 e. The first-order valence-corrected chi connectivity index (χ1v) is 6.88. The minimum atomic E-state index is -0.0126. The highest BCUT2D eigenvalue weighted by Crippen LogP contribution is 2.30. The van der Waals surface area contributed by atoms with Crippen molar-refractivity contribution in [2.45, 2.75) is 59.1 Å². The molecule has 1 N–H and O–H groups in total. The summed E-state index contributed by atoms with van der Waals surface area (Å²) in [6.07, 6.45) is 2.66. The minimum Gasteiger partial charge on any atom is -0.377 e. The quantitative estimate of drug-likeness (QED) is 0.872. The summed E-state index contributed by atoms with van der Waals surface area (Å²) in [5.41, 5.74) is 5.21. The zero-order valence-electron chi connectivity index (χ0n) is 12.3. The zero-order valence-corrected chi connectivity index (χ0v) is 12.3. The van der Waals surface area contributed by atoms with Gasteiger partial charge in [-0.3, -0.25) is 0 Å². The van der Waals surface area contributed by atoms with Crippen LogP contribution in [0.1, 0.15) is 43.4 Å². The molecule has 1 aliphatic rings. The average molecular weight is 247 g/mol. The molecular weight excluding hydrogens is 222 g/mol. The Balaban J connectivity index is 2.22. The molecule has 1 atom stereocenters. The minimum absolute atomic E-state index is 0.0126. The van der Waals surface area contributed by atoms with Crippen molar-refractivity contribution in [2.24, 2.45) is 0 Å². The first kappa shape index (κ1) is 13.4. The highest BCUT2D eigenvalue weighted by molar-refractivity contribution is 5.59. The maximum absolute atomic E-state index is 5.83. The second kappa shape index (κ2) is 4.93. The van der Waals surface area contributed by atoms with E-state index in [4.69, 9.17) is 4.74 Å². The molecule has 1 aliphatic heterocycles. The van der Waals surface area contributed by atoms with Crippen LogP contribution in [0.15, 0.2) is 12.1 Å². The van der Waals surface area contributed by atoms with E-state index in [0.29, 0.717) is 6.10 Å². The number of rotatable bonds is 3. The lowest BCUT2D eigenvalue weighted by molar-refractivity contribution is 0.0685. The highest BCUT2D eigenvalue weighted by Gasteiger charge is 2.33. The Hall–Kier alpha value is -1.02. The van der Waals surface area contributed by atoms with Crippen molar-refractivity contribution in [1.82, 2.24) is 0 Å². The van der Waals surface area contributed by atoms with Gasteiger partial charge in [-0.2, -0.15) is 0 Å². The predicted molar refractivity (Wildman–Crippen MR) is 77.3 cm³/mol. The lowest BCUT2D eigenvalue weighted by Gasteiger charge is -2.34. The van der Waals surface area contributed by atoms with Gasteiger partial charge in [0.2, 0.25) is 0 Å². The zero-order chi connectivity index (χ0) is 13.3. The average Bonchev–Trinajstić information content (AvgIpc) is 2.77. The van der Waals surface area contributed by atoms with Gasteiger partial charge in [0.15, 0.2) is 0 Å². The van der Waals surface area contributed by atoms with Crippen molar-refractivity contribution in [1.29, 1.82) is 0 Å². The third kappa shape index (κ3) is 2.69. The molecule has 1 aromatic rings. The van der Waals surface area contributed by atoms with Crippen LogP contribution in [0.3, 0.4) is 0 Å². The Kier molecular flexibility index (Phi) is 3.67. The molecule has 0 radical (unpaired) electrons. The summed E-state index contributed by atoms with van der Waals surface area (Å²) in [4.78, 5) is 0. The van der Waals surface area contributed by atoms with Crippen molar-refractivity contribution in [2.75, 3.05) is 11.9 Å². The van der Waals surface area contributed by atoms with E-state index in [0.717, 1.165) is 13.0 Å². The summed E-state index contributed by atoms with van der Waals surface area (Å²) in [6, 6.07) is 4.47. The van der Waals surface area contributed by atoms with E-state index in [2.05, 4.69) is 52.1 Å². The SMILES string of the molecule is Cc1cc(C)c(NC(C)(C)C2CCCO2)c(C)c1. The third-order valence-corrected chi connectivity index (χ3v) is 3.86. The Morgan fingerprint density at radius 1 is 1.17 bits per heavy atom. The van der Waals surface area contributed by atoms with Crippen LogP contribution in [0.2, 0.25) is 0 Å². The van der Waals surface area contributed by atoms with Crippen LogP contribution in [0, 0.1) is 20.8 Å². The van der Waals surface area contributed by atoms with Gasteiger partial charge in [0.05, 0.1) is 11.6 Å². The molecule has 0 aromatic heterocycles.